The van der Waals surface area contributed by atoms with E-state index in [-0.39, 0.29) is 11.6 Å². The van der Waals surface area contributed by atoms with Crippen molar-refractivity contribution in [2.75, 3.05) is 39.8 Å². The first-order chi connectivity index (χ1) is 18.0. The fraction of sp³-hybridized carbons (Fsp3) is 0.333. The van der Waals surface area contributed by atoms with Gasteiger partial charge in [0.25, 0.3) is 5.56 Å². The van der Waals surface area contributed by atoms with Crippen molar-refractivity contribution in [3.63, 3.8) is 0 Å². The second kappa shape index (κ2) is 11.4. The maximum atomic E-state index is 13.2. The summed E-state index contributed by atoms with van der Waals surface area (Å²) in [7, 11) is 1.62. The average Bonchev–Trinajstić information content (AvgIpc) is 2.92. The lowest BCUT2D eigenvalue weighted by molar-refractivity contribution is 0.107. The van der Waals surface area contributed by atoms with Gasteiger partial charge in [-0.2, -0.15) is 0 Å². The number of nitrogens with zero attached hydrogens (tertiary/aromatic N) is 3. The molecule has 0 radical (unpaired) electrons. The number of benzene rings is 3. The molecule has 1 aliphatic rings. The molecular formula is C30H34N4O2S. The van der Waals surface area contributed by atoms with E-state index in [0.717, 1.165) is 50.2 Å². The van der Waals surface area contributed by atoms with Gasteiger partial charge < -0.3 is 14.6 Å². The molecule has 1 saturated heterocycles. The Balaban J connectivity index is 1.23. The number of hydrogen-bond donors (Lipinski definition) is 1. The SMILES string of the molecule is COc1cc2c(=O)n(CCCN3CCN(C(c4ccccc4)c4ccccc4)CC3)c(=S)[nH]c2cc1C. The summed E-state index contributed by atoms with van der Waals surface area (Å²) in [6, 6.07) is 25.6. The van der Waals surface area contributed by atoms with Crippen LogP contribution in [-0.2, 0) is 6.54 Å². The number of methoxy groups -OCH3 is 1. The second-order valence-electron chi connectivity index (χ2n) is 9.71. The monoisotopic (exact) mass is 514 g/mol. The standard InChI is InChI=1S/C30H34N4O2S/c1-22-20-26-25(21-27(22)36-2)29(35)34(30(37)31-26)15-9-14-32-16-18-33(19-17-32)28(23-10-5-3-6-11-23)24-12-7-4-8-13-24/h3-8,10-13,20-21,28H,9,14-19H2,1-2H3,(H,31,37). The number of aromatic nitrogens is 2. The van der Waals surface area contributed by atoms with Gasteiger partial charge in [-0.25, -0.2) is 0 Å². The van der Waals surface area contributed by atoms with Crippen LogP contribution in [0, 0.1) is 11.7 Å². The van der Waals surface area contributed by atoms with Gasteiger partial charge >= 0.3 is 0 Å². The molecule has 1 fully saturated rings. The van der Waals surface area contributed by atoms with E-state index in [4.69, 9.17) is 17.0 Å². The minimum atomic E-state index is -0.0598. The maximum Gasteiger partial charge on any atom is 0.262 e. The molecule has 0 unspecified atom stereocenters. The van der Waals surface area contributed by atoms with Crippen molar-refractivity contribution in [1.29, 1.82) is 0 Å². The molecule has 2 heterocycles. The minimum Gasteiger partial charge on any atom is -0.496 e. The number of rotatable bonds is 8. The Morgan fingerprint density at radius 1 is 0.919 bits per heavy atom. The number of piperazine rings is 1. The zero-order valence-corrected chi connectivity index (χ0v) is 22.3. The van der Waals surface area contributed by atoms with Gasteiger partial charge in [-0.15, -0.1) is 0 Å². The first kappa shape index (κ1) is 25.4. The molecule has 1 aromatic heterocycles. The number of nitrogens with one attached hydrogen (secondary N) is 1. The third kappa shape index (κ3) is 5.54. The van der Waals surface area contributed by atoms with Crippen molar-refractivity contribution in [3.05, 3.63) is 105 Å². The quantitative estimate of drug-likeness (QED) is 0.329. The lowest BCUT2D eigenvalue weighted by atomic mass is 9.96. The van der Waals surface area contributed by atoms with Crippen LogP contribution < -0.4 is 10.3 Å². The van der Waals surface area contributed by atoms with Crippen LogP contribution in [0.4, 0.5) is 0 Å². The normalized spacial score (nSPS) is 14.9. The van der Waals surface area contributed by atoms with E-state index in [0.29, 0.717) is 22.5 Å². The highest BCUT2D eigenvalue weighted by Gasteiger charge is 2.26. The Kier molecular flexibility index (Phi) is 7.84. The third-order valence-corrected chi connectivity index (χ3v) is 7.68. The van der Waals surface area contributed by atoms with Crippen molar-refractivity contribution in [3.8, 4) is 5.75 Å². The highest BCUT2D eigenvalue weighted by molar-refractivity contribution is 7.71. The van der Waals surface area contributed by atoms with E-state index in [1.165, 1.54) is 11.1 Å². The van der Waals surface area contributed by atoms with Crippen molar-refractivity contribution in [1.82, 2.24) is 19.4 Å². The van der Waals surface area contributed by atoms with E-state index in [9.17, 15) is 4.79 Å². The van der Waals surface area contributed by atoms with Crippen LogP contribution in [0.1, 0.15) is 29.2 Å². The van der Waals surface area contributed by atoms with Crippen LogP contribution in [-0.4, -0.2) is 59.2 Å². The number of ether oxygens (including phenoxy) is 1. The van der Waals surface area contributed by atoms with E-state index in [1.54, 1.807) is 11.7 Å². The second-order valence-corrected chi connectivity index (χ2v) is 10.1. The molecule has 3 aromatic carbocycles. The zero-order valence-electron chi connectivity index (χ0n) is 21.5. The molecule has 6 nitrogen and oxygen atoms in total. The van der Waals surface area contributed by atoms with Gasteiger partial charge in [-0.3, -0.25) is 14.3 Å². The van der Waals surface area contributed by atoms with Gasteiger partial charge in [0.1, 0.15) is 5.75 Å². The molecule has 0 spiro atoms. The molecule has 0 amide bonds. The Hall–Kier alpha value is -3.26. The molecule has 0 atom stereocenters. The van der Waals surface area contributed by atoms with Crippen LogP contribution in [0.25, 0.3) is 10.9 Å². The Labute approximate surface area is 223 Å². The van der Waals surface area contributed by atoms with Gasteiger partial charge in [0.2, 0.25) is 0 Å². The van der Waals surface area contributed by atoms with Crippen LogP contribution in [0.15, 0.2) is 77.6 Å². The average molecular weight is 515 g/mol. The summed E-state index contributed by atoms with van der Waals surface area (Å²) in [6.07, 6.45) is 0.868. The summed E-state index contributed by atoms with van der Waals surface area (Å²) in [6.45, 7) is 7.51. The van der Waals surface area contributed by atoms with Crippen LogP contribution >= 0.6 is 12.2 Å². The molecular weight excluding hydrogens is 480 g/mol. The molecule has 5 rings (SSSR count). The molecule has 0 aliphatic carbocycles. The molecule has 37 heavy (non-hydrogen) atoms. The number of fused-ring (bicyclic) bond motifs is 1. The van der Waals surface area contributed by atoms with Gasteiger partial charge in [0.05, 0.1) is 24.1 Å². The smallest absolute Gasteiger partial charge is 0.262 e. The van der Waals surface area contributed by atoms with Gasteiger partial charge in [-0.05, 0) is 60.9 Å². The molecule has 4 aromatic rings. The topological polar surface area (TPSA) is 53.5 Å². The summed E-state index contributed by atoms with van der Waals surface area (Å²) in [5, 5.41) is 0.609. The first-order valence-electron chi connectivity index (χ1n) is 12.9. The Morgan fingerprint density at radius 2 is 1.54 bits per heavy atom. The van der Waals surface area contributed by atoms with Gasteiger partial charge in [-0.1, -0.05) is 60.7 Å². The van der Waals surface area contributed by atoms with Gasteiger partial charge in [0.15, 0.2) is 4.77 Å². The number of aryl methyl sites for hydroxylation is 1. The minimum absolute atomic E-state index is 0.0598. The molecule has 192 valence electrons. The van der Waals surface area contributed by atoms with E-state index in [2.05, 4.69) is 75.4 Å². The van der Waals surface area contributed by atoms with Crippen molar-refractivity contribution < 1.29 is 4.74 Å². The summed E-state index contributed by atoms with van der Waals surface area (Å²) in [4.78, 5) is 21.5. The Bertz CT molecular complexity index is 1420. The predicted octanol–water partition coefficient (Wildman–Crippen LogP) is 5.17. The van der Waals surface area contributed by atoms with Crippen LogP contribution in [0.2, 0.25) is 0 Å². The summed E-state index contributed by atoms with van der Waals surface area (Å²) in [5.74, 6) is 0.712. The largest absolute Gasteiger partial charge is 0.496 e. The van der Waals surface area contributed by atoms with Crippen molar-refractivity contribution in [2.45, 2.75) is 25.9 Å². The first-order valence-corrected chi connectivity index (χ1v) is 13.3. The van der Waals surface area contributed by atoms with E-state index >= 15 is 0 Å². The zero-order chi connectivity index (χ0) is 25.8. The Morgan fingerprint density at radius 3 is 2.14 bits per heavy atom. The number of hydrogen-bond acceptors (Lipinski definition) is 5. The van der Waals surface area contributed by atoms with Crippen LogP contribution in [0.5, 0.6) is 5.75 Å². The summed E-state index contributed by atoms with van der Waals surface area (Å²) in [5.41, 5.74) is 4.33. The number of aromatic amines is 1. The highest BCUT2D eigenvalue weighted by Crippen LogP contribution is 2.29. The van der Waals surface area contributed by atoms with E-state index in [1.807, 2.05) is 19.1 Å². The molecule has 1 aliphatic heterocycles. The fourth-order valence-corrected chi connectivity index (χ4v) is 5.68. The predicted molar refractivity (Wildman–Crippen MR) is 152 cm³/mol. The van der Waals surface area contributed by atoms with Gasteiger partial charge in [0, 0.05) is 32.7 Å². The molecule has 0 saturated carbocycles. The van der Waals surface area contributed by atoms with Crippen molar-refractivity contribution in [2.24, 2.45) is 0 Å². The lowest BCUT2D eigenvalue weighted by Crippen LogP contribution is -2.48. The molecule has 7 heteroatoms. The summed E-state index contributed by atoms with van der Waals surface area (Å²) >= 11 is 5.53. The number of H-pyrrole nitrogens is 1. The fourth-order valence-electron chi connectivity index (χ4n) is 5.39. The third-order valence-electron chi connectivity index (χ3n) is 7.36. The molecule has 1 N–H and O–H groups in total. The van der Waals surface area contributed by atoms with Crippen molar-refractivity contribution >= 4 is 23.1 Å². The maximum absolute atomic E-state index is 13.2. The molecule has 0 bridgehead atoms. The summed E-state index contributed by atoms with van der Waals surface area (Å²) < 4.78 is 7.58. The lowest BCUT2D eigenvalue weighted by Gasteiger charge is -2.39. The van der Waals surface area contributed by atoms with Crippen LogP contribution in [0.3, 0.4) is 0 Å². The van der Waals surface area contributed by atoms with E-state index < -0.39 is 0 Å². The highest BCUT2D eigenvalue weighted by atomic mass is 32.1.